The molecule has 61 heavy (non-hydrogen) atoms. The first-order chi connectivity index (χ1) is 29.5. The molecule has 2 aromatic carbocycles. The van der Waals surface area contributed by atoms with E-state index in [1.54, 1.807) is 19.2 Å². The molecule has 3 saturated carbocycles. The number of carbonyl (C=O) groups excluding carboxylic acids is 4. The van der Waals surface area contributed by atoms with Crippen LogP contribution in [0, 0.1) is 5.92 Å². The van der Waals surface area contributed by atoms with E-state index in [0.717, 1.165) is 44.1 Å². The lowest BCUT2D eigenvalue weighted by atomic mass is 10.0. The van der Waals surface area contributed by atoms with Gasteiger partial charge in [-0.15, -0.1) is 0 Å². The number of sulfonamides is 1. The van der Waals surface area contributed by atoms with Crippen molar-refractivity contribution in [3.05, 3.63) is 66.7 Å². The molecule has 2 aromatic heterocycles. The van der Waals surface area contributed by atoms with Crippen molar-refractivity contribution in [2.75, 3.05) is 13.7 Å². The highest BCUT2D eigenvalue weighted by Gasteiger charge is 2.62. The first-order valence-electron chi connectivity index (χ1n) is 21.5. The number of nitrogens with zero attached hydrogens (tertiary/aromatic N) is 2. The smallest absolute Gasteiger partial charge is 0.408 e. The summed E-state index contributed by atoms with van der Waals surface area (Å²) in [5.41, 5.74) is 1.30. The second-order valence-electron chi connectivity index (χ2n) is 17.0. The van der Waals surface area contributed by atoms with E-state index in [-0.39, 0.29) is 25.5 Å². The van der Waals surface area contributed by atoms with E-state index in [0.29, 0.717) is 71.4 Å². The minimum atomic E-state index is -3.92. The van der Waals surface area contributed by atoms with E-state index < -0.39 is 68.7 Å². The highest BCUT2D eigenvalue weighted by atomic mass is 32.2. The van der Waals surface area contributed by atoms with Crippen LogP contribution in [0.25, 0.3) is 33.3 Å². The second kappa shape index (κ2) is 16.7. The maximum absolute atomic E-state index is 14.8. The van der Waals surface area contributed by atoms with Crippen molar-refractivity contribution in [3.63, 3.8) is 0 Å². The van der Waals surface area contributed by atoms with E-state index in [9.17, 15) is 27.6 Å². The van der Waals surface area contributed by atoms with E-state index in [4.69, 9.17) is 23.6 Å². The Bertz CT molecular complexity index is 2480. The maximum Gasteiger partial charge on any atom is 0.408 e. The van der Waals surface area contributed by atoms with Gasteiger partial charge in [-0.1, -0.05) is 61.4 Å². The van der Waals surface area contributed by atoms with Crippen molar-refractivity contribution in [2.45, 2.75) is 119 Å². The number of nitrogens with one attached hydrogen (secondary N) is 3. The van der Waals surface area contributed by atoms with Crippen LogP contribution in [0.1, 0.15) is 83.5 Å². The molecule has 0 unspecified atom stereocenters. The predicted octanol–water partition coefficient (Wildman–Crippen LogP) is 6.05. The quantitative estimate of drug-likeness (QED) is 0.166. The van der Waals surface area contributed by atoms with Crippen molar-refractivity contribution >= 4 is 55.9 Å². The molecule has 9 rings (SSSR count). The Balaban J connectivity index is 1.06. The lowest BCUT2D eigenvalue weighted by Crippen LogP contribution is -2.58. The molecular formula is C45H51N5O10S. The molecule has 5 aliphatic rings. The zero-order valence-corrected chi connectivity index (χ0v) is 34.9. The van der Waals surface area contributed by atoms with Crippen LogP contribution in [0.3, 0.4) is 0 Å². The van der Waals surface area contributed by atoms with Crippen LogP contribution >= 0.6 is 0 Å². The number of hydrogen-bond donors (Lipinski definition) is 3. The van der Waals surface area contributed by atoms with Crippen LogP contribution in [0.5, 0.6) is 11.5 Å². The number of fused-ring (bicyclic) bond motifs is 5. The number of pyridine rings is 1. The van der Waals surface area contributed by atoms with Crippen LogP contribution in [0.2, 0.25) is 0 Å². The van der Waals surface area contributed by atoms with Gasteiger partial charge in [0.1, 0.15) is 35.3 Å². The zero-order valence-electron chi connectivity index (χ0n) is 34.1. The number of ether oxygens (including phenoxy) is 3. The van der Waals surface area contributed by atoms with Crippen LogP contribution < -0.4 is 24.8 Å². The van der Waals surface area contributed by atoms with Gasteiger partial charge < -0.3 is 34.2 Å². The third-order valence-corrected chi connectivity index (χ3v) is 14.5. The van der Waals surface area contributed by atoms with Gasteiger partial charge in [-0.25, -0.2) is 18.2 Å². The summed E-state index contributed by atoms with van der Waals surface area (Å²) in [7, 11) is -2.36. The number of furan rings is 1. The molecule has 0 radical (unpaired) electrons. The number of rotatable bonds is 9. The molecule has 4 heterocycles. The summed E-state index contributed by atoms with van der Waals surface area (Å²) < 4.78 is 52.7. The van der Waals surface area contributed by atoms with Crippen LogP contribution in [-0.2, 0) is 29.1 Å². The standard InChI is InChI=1S/C45H51N5O10S/c1-57-36-20-12-18-32-38-40(60-39(32)36)37(24-34(46-38)27-13-6-5-7-14-27)58-30-23-35-41(51)48-45(43(53)49-61(55,56)31-21-22-31)25-28(45)15-8-3-2-4-9-19-33(42(52)50(35)26-30)47-44(54)59-29-16-10-11-17-29/h5-8,12-15,18,20,24,28-31,33,35H,2-4,9-11,16-17,19,21-23,25-26H2,1H3,(H,47,54)(H,48,51)(H,49,53)/b15-8-/t28-,30-,33+,35+,45-/m1/s1. The van der Waals surface area contributed by atoms with E-state index in [2.05, 4.69) is 15.4 Å². The highest BCUT2D eigenvalue weighted by Crippen LogP contribution is 2.46. The lowest BCUT2D eigenvalue weighted by Gasteiger charge is -2.30. The number of methoxy groups -OCH3 is 1. The molecule has 15 nitrogen and oxygen atoms in total. The van der Waals surface area contributed by atoms with Gasteiger partial charge in [0.25, 0.3) is 5.91 Å². The Hall–Kier alpha value is -5.64. The van der Waals surface area contributed by atoms with Gasteiger partial charge in [-0.3, -0.25) is 19.1 Å². The summed E-state index contributed by atoms with van der Waals surface area (Å²) in [6.07, 6.45) is 9.96. The van der Waals surface area contributed by atoms with E-state index in [1.807, 2.05) is 54.6 Å². The summed E-state index contributed by atoms with van der Waals surface area (Å²) in [5.74, 6) is -1.50. The first-order valence-corrected chi connectivity index (χ1v) is 23.0. The summed E-state index contributed by atoms with van der Waals surface area (Å²) in [6, 6.07) is 14.8. The number of para-hydroxylation sites is 1. The van der Waals surface area contributed by atoms with Crippen LogP contribution in [-0.4, -0.2) is 90.9 Å². The highest BCUT2D eigenvalue weighted by molar-refractivity contribution is 7.91. The minimum Gasteiger partial charge on any atom is -0.493 e. The predicted molar refractivity (Wildman–Crippen MR) is 225 cm³/mol. The molecule has 4 fully saturated rings. The second-order valence-corrected chi connectivity index (χ2v) is 19.0. The number of alkyl carbamates (subject to hydrolysis) is 1. The maximum atomic E-state index is 14.8. The third kappa shape index (κ3) is 8.38. The van der Waals surface area contributed by atoms with E-state index >= 15 is 0 Å². The Morgan fingerprint density at radius 1 is 0.918 bits per heavy atom. The van der Waals surface area contributed by atoms with E-state index in [1.165, 1.54) is 4.90 Å². The molecule has 4 amide bonds. The topological polar surface area (TPSA) is 195 Å². The largest absolute Gasteiger partial charge is 0.493 e. The minimum absolute atomic E-state index is 0.0173. The number of carbonyl (C=O) groups is 4. The fourth-order valence-corrected chi connectivity index (χ4v) is 10.4. The van der Waals surface area contributed by atoms with Gasteiger partial charge in [0.05, 0.1) is 30.0 Å². The first kappa shape index (κ1) is 40.7. The van der Waals surface area contributed by atoms with Crippen molar-refractivity contribution < 1.29 is 46.2 Å². The van der Waals surface area contributed by atoms with Crippen molar-refractivity contribution in [1.29, 1.82) is 0 Å². The Morgan fingerprint density at radius 3 is 2.48 bits per heavy atom. The molecule has 1 saturated heterocycles. The van der Waals surface area contributed by atoms with Crippen molar-refractivity contribution in [2.24, 2.45) is 5.92 Å². The van der Waals surface area contributed by atoms with Crippen LogP contribution in [0.15, 0.2) is 71.2 Å². The Kier molecular flexibility index (Phi) is 11.1. The molecule has 0 bridgehead atoms. The van der Waals surface area contributed by atoms with Gasteiger partial charge >= 0.3 is 6.09 Å². The molecule has 4 aromatic rings. The summed E-state index contributed by atoms with van der Waals surface area (Å²) >= 11 is 0. The SMILES string of the molecule is COc1cccc2c1oc1c(O[C@@H]3C[C@H]4C(=O)N[C@]5(C(=O)NS(=O)(=O)C6CC6)C[C@H]5/C=C\CCCCC[C@H](NC(=O)OC5CCCC5)C(=O)N4C3)cc(-c3ccccc3)nc12. The number of benzene rings is 2. The molecular weight excluding hydrogens is 803 g/mol. The molecule has 3 aliphatic carbocycles. The fourth-order valence-electron chi connectivity index (χ4n) is 9.07. The summed E-state index contributed by atoms with van der Waals surface area (Å²) in [5, 5.41) is 5.83. The summed E-state index contributed by atoms with van der Waals surface area (Å²) in [4.78, 5) is 63.0. The molecule has 0 spiro atoms. The van der Waals surface area contributed by atoms with Gasteiger partial charge in [-0.05, 0) is 76.3 Å². The number of hydrogen-bond acceptors (Lipinski definition) is 11. The van der Waals surface area contributed by atoms with Crippen molar-refractivity contribution in [1.82, 2.24) is 25.2 Å². The van der Waals surface area contributed by atoms with Gasteiger partial charge in [-0.2, -0.15) is 0 Å². The number of amides is 4. The van der Waals surface area contributed by atoms with Gasteiger partial charge in [0.2, 0.25) is 21.8 Å². The van der Waals surface area contributed by atoms with Gasteiger partial charge in [0, 0.05) is 24.0 Å². The molecule has 5 atom stereocenters. The third-order valence-electron chi connectivity index (χ3n) is 12.7. The molecule has 16 heteroatoms. The number of allylic oxidation sites excluding steroid dienone is 1. The lowest BCUT2D eigenvalue weighted by molar-refractivity contribution is -0.141. The normalized spacial score (nSPS) is 26.7. The Labute approximate surface area is 354 Å². The average molecular weight is 854 g/mol. The molecule has 3 N–H and O–H groups in total. The Morgan fingerprint density at radius 2 is 1.70 bits per heavy atom. The van der Waals surface area contributed by atoms with Crippen LogP contribution in [0.4, 0.5) is 4.79 Å². The number of aromatic nitrogens is 1. The molecule has 322 valence electrons. The average Bonchev–Trinajstić information content (AvgIpc) is 4.06. The monoisotopic (exact) mass is 853 g/mol. The van der Waals surface area contributed by atoms with Crippen molar-refractivity contribution in [3.8, 4) is 22.8 Å². The zero-order chi connectivity index (χ0) is 42.3. The molecule has 2 aliphatic heterocycles. The summed E-state index contributed by atoms with van der Waals surface area (Å²) in [6.45, 7) is -0.0423. The van der Waals surface area contributed by atoms with Gasteiger partial charge in [0.15, 0.2) is 22.7 Å². The fraction of sp³-hybridized carbons (Fsp3) is 0.489.